The van der Waals surface area contributed by atoms with E-state index in [2.05, 4.69) is 26.7 Å². The van der Waals surface area contributed by atoms with E-state index in [9.17, 15) is 28.8 Å². The maximum Gasteiger partial charge on any atom is 0.333 e. The molecule has 0 aliphatic carbocycles. The van der Waals surface area contributed by atoms with Crippen LogP contribution in [0.25, 0.3) is 0 Å². The van der Waals surface area contributed by atoms with Crippen LogP contribution in [0, 0.1) is 0 Å². The van der Waals surface area contributed by atoms with Crippen molar-refractivity contribution in [2.75, 3.05) is 32.9 Å². The Balaban J connectivity index is -0.000000608. The zero-order valence-corrected chi connectivity index (χ0v) is 26.4. The second-order valence-corrected chi connectivity index (χ2v) is 10.1. The van der Waals surface area contributed by atoms with Crippen molar-refractivity contribution >= 4 is 35.6 Å². The minimum Gasteiger partial charge on any atom is -0.458 e. The smallest absolute Gasteiger partial charge is 0.333 e. The summed E-state index contributed by atoms with van der Waals surface area (Å²) in [5.41, 5.74) is 1.01. The Hall–Kier alpha value is -3.86. The van der Waals surface area contributed by atoms with Crippen molar-refractivity contribution in [3.05, 3.63) is 48.6 Å². The number of hydrogen-bond acceptors (Lipinski definition) is 9. The molecule has 4 amide bonds. The Bertz CT molecular complexity index is 1040. The van der Waals surface area contributed by atoms with Gasteiger partial charge in [-0.05, 0) is 33.1 Å². The fourth-order valence-corrected chi connectivity index (χ4v) is 3.29. The van der Waals surface area contributed by atoms with Gasteiger partial charge in [0.05, 0.1) is 13.0 Å². The van der Waals surface area contributed by atoms with E-state index in [0.29, 0.717) is 30.8 Å². The Morgan fingerprint density at radius 1 is 0.800 bits per heavy atom. The number of unbranched alkanes of at least 4 members (excludes halogenated alkanes) is 3. The summed E-state index contributed by atoms with van der Waals surface area (Å²) in [6.45, 7) is 21.5. The van der Waals surface area contributed by atoms with Crippen LogP contribution in [0.3, 0.4) is 0 Å². The molecule has 1 unspecified atom stereocenters. The first-order valence-electron chi connectivity index (χ1n) is 14.6. The lowest BCUT2D eigenvalue weighted by Gasteiger charge is -2.18. The molecule has 0 saturated carbocycles. The maximum atomic E-state index is 11.5. The Morgan fingerprint density at radius 2 is 1.29 bits per heavy atom. The molecule has 1 fully saturated rings. The van der Waals surface area contributed by atoms with Crippen LogP contribution in [0.1, 0.15) is 94.4 Å². The lowest BCUT2D eigenvalue weighted by molar-refractivity contribution is -0.157. The number of likely N-dealkylation sites (tertiary alicyclic amines) is 1. The first-order valence-corrected chi connectivity index (χ1v) is 14.6. The maximum absolute atomic E-state index is 11.5. The second-order valence-electron chi connectivity index (χ2n) is 10.1. The van der Waals surface area contributed by atoms with E-state index >= 15 is 0 Å². The molecule has 256 valence electrons. The molecule has 11 nitrogen and oxygen atoms in total. The quantitative estimate of drug-likeness (QED) is 0.0931. The van der Waals surface area contributed by atoms with E-state index in [4.69, 9.17) is 14.2 Å². The summed E-state index contributed by atoms with van der Waals surface area (Å²) in [5.74, 6) is -1.69. The minimum absolute atomic E-state index is 0. The van der Waals surface area contributed by atoms with E-state index in [1.165, 1.54) is 22.0 Å². The third-order valence-corrected chi connectivity index (χ3v) is 5.90. The van der Waals surface area contributed by atoms with Gasteiger partial charge in [0.15, 0.2) is 6.10 Å². The number of nitrogens with zero attached hydrogens (tertiary/aromatic N) is 2. The molecule has 0 bridgehead atoms. The average Bonchev–Trinajstić information content (AvgIpc) is 3.41. The van der Waals surface area contributed by atoms with Gasteiger partial charge in [0.1, 0.15) is 6.61 Å². The van der Waals surface area contributed by atoms with Gasteiger partial charge < -0.3 is 14.2 Å². The van der Waals surface area contributed by atoms with Crippen LogP contribution in [0.2, 0.25) is 0 Å². The van der Waals surface area contributed by atoms with Crippen LogP contribution >= 0.6 is 0 Å². The molecule has 2 aliphatic rings. The van der Waals surface area contributed by atoms with Crippen LogP contribution in [-0.2, 0) is 43.0 Å². The predicted molar refractivity (Wildman–Crippen MR) is 176 cm³/mol. The highest BCUT2D eigenvalue weighted by atomic mass is 16.6. The molecular weight excluding hydrogens is 580 g/mol. The number of ether oxygens (including phenoxy) is 3. The summed E-state index contributed by atoms with van der Waals surface area (Å²) in [6.07, 6.45) is 7.90. The summed E-state index contributed by atoms with van der Waals surface area (Å²) in [4.78, 5) is 69.6. The first-order chi connectivity index (χ1) is 20.3. The van der Waals surface area contributed by atoms with Crippen molar-refractivity contribution in [2.45, 2.75) is 101 Å². The average molecular weight is 637 g/mol. The van der Waals surface area contributed by atoms with Gasteiger partial charge in [-0.3, -0.25) is 29.0 Å². The van der Waals surface area contributed by atoms with Crippen LogP contribution in [-0.4, -0.2) is 84.4 Å². The third-order valence-electron chi connectivity index (χ3n) is 5.90. The Kier molecular flexibility index (Phi) is 25.8. The number of amides is 4. The molecule has 11 heteroatoms. The fraction of sp³-hybridized carbons (Fsp3) is 0.588. The highest BCUT2D eigenvalue weighted by Crippen LogP contribution is 2.16. The summed E-state index contributed by atoms with van der Waals surface area (Å²) in [5, 5.41) is 0. The van der Waals surface area contributed by atoms with Crippen molar-refractivity contribution in [2.24, 2.45) is 0 Å². The number of imide groups is 2. The number of hydrogen-bond donors (Lipinski definition) is 0. The second kappa shape index (κ2) is 25.5. The highest BCUT2D eigenvalue weighted by Gasteiger charge is 2.31. The van der Waals surface area contributed by atoms with Gasteiger partial charge in [0.25, 0.3) is 17.7 Å². The summed E-state index contributed by atoms with van der Waals surface area (Å²) < 4.78 is 15.5. The third kappa shape index (κ3) is 18.5. The minimum atomic E-state index is -0.639. The van der Waals surface area contributed by atoms with Gasteiger partial charge in [-0.25, -0.2) is 9.59 Å². The number of rotatable bonds is 16. The van der Waals surface area contributed by atoms with Crippen molar-refractivity contribution in [1.29, 1.82) is 0 Å². The van der Waals surface area contributed by atoms with Crippen LogP contribution in [0.4, 0.5) is 0 Å². The molecule has 1 atom stereocenters. The van der Waals surface area contributed by atoms with Gasteiger partial charge >= 0.3 is 11.9 Å². The monoisotopic (exact) mass is 636 g/mol. The van der Waals surface area contributed by atoms with Gasteiger partial charge in [-0.15, -0.1) is 0 Å². The van der Waals surface area contributed by atoms with Crippen molar-refractivity contribution in [1.82, 2.24) is 9.80 Å². The molecule has 0 aromatic carbocycles. The lowest BCUT2D eigenvalue weighted by Crippen LogP contribution is -2.30. The molecule has 0 aromatic heterocycles. The van der Waals surface area contributed by atoms with Crippen LogP contribution in [0.15, 0.2) is 48.6 Å². The zero-order valence-electron chi connectivity index (χ0n) is 26.4. The van der Waals surface area contributed by atoms with E-state index < -0.39 is 18.0 Å². The molecule has 1 saturated heterocycles. The molecule has 0 aromatic rings. The van der Waals surface area contributed by atoms with Crippen LogP contribution < -0.4 is 0 Å². The molecular formula is C34H56N2O9. The normalized spacial score (nSPS) is 13.9. The van der Waals surface area contributed by atoms with Gasteiger partial charge in [0.2, 0.25) is 5.91 Å². The first kappa shape index (κ1) is 45.6. The molecule has 45 heavy (non-hydrogen) atoms. The number of carbonyl (C=O) groups is 6. The Morgan fingerprint density at radius 3 is 1.71 bits per heavy atom. The molecule has 2 aliphatic heterocycles. The van der Waals surface area contributed by atoms with Gasteiger partial charge in [0, 0.05) is 48.6 Å². The molecule has 0 spiro atoms. The zero-order chi connectivity index (χ0) is 32.9. The van der Waals surface area contributed by atoms with Crippen LogP contribution in [0.5, 0.6) is 0 Å². The molecule has 2 rings (SSSR count). The van der Waals surface area contributed by atoms with Gasteiger partial charge in [-0.1, -0.05) is 74.6 Å². The van der Waals surface area contributed by atoms with E-state index in [1.807, 2.05) is 13.8 Å². The molecule has 2 heterocycles. The highest BCUT2D eigenvalue weighted by molar-refractivity contribution is 6.13. The van der Waals surface area contributed by atoms with Crippen molar-refractivity contribution < 1.29 is 43.0 Å². The standard InChI is InChI=1S/C15H24O5.C9H13NO2.C8H11NO2.2CH4/c1-6-7-8-18-9-13(20-15(17)12(4)5)10-19-14(16)11(2)3;1-3-4-5-10-8(11)6-7(2)9(10)12;1-2-3-6-9-7(10)4-5-8(9)11;;/h13H,2,4,6-10H2,1,3,5H3;2-6H2,1H3;4-5H,2-3,6H2,1H3;2*1H4. The molecule has 0 N–H and O–H groups in total. The van der Waals surface area contributed by atoms with Gasteiger partial charge in [-0.2, -0.15) is 0 Å². The summed E-state index contributed by atoms with van der Waals surface area (Å²) in [7, 11) is 0. The lowest BCUT2D eigenvalue weighted by atomic mass is 10.3. The van der Waals surface area contributed by atoms with Crippen molar-refractivity contribution in [3.63, 3.8) is 0 Å². The molecule has 0 radical (unpaired) electrons. The summed E-state index contributed by atoms with van der Waals surface area (Å²) in [6, 6.07) is 0. The predicted octanol–water partition coefficient (Wildman–Crippen LogP) is 5.50. The largest absolute Gasteiger partial charge is 0.458 e. The number of esters is 2. The van der Waals surface area contributed by atoms with E-state index in [0.717, 1.165) is 38.5 Å². The van der Waals surface area contributed by atoms with E-state index in [-0.39, 0.29) is 63.7 Å². The Labute approximate surface area is 270 Å². The SMILES string of the molecule is C.C.C=C(C)C(=O)OCC(COCCCC)OC(=O)C(=C)C.C=C1CC(=O)N(CCCC)C1=O.CCCCN1C(=O)C=CC1=O. The van der Waals surface area contributed by atoms with E-state index in [1.54, 1.807) is 13.8 Å². The van der Waals surface area contributed by atoms with Crippen molar-refractivity contribution in [3.8, 4) is 0 Å². The summed E-state index contributed by atoms with van der Waals surface area (Å²) >= 11 is 0. The fourth-order valence-electron chi connectivity index (χ4n) is 3.29. The number of carbonyl (C=O) groups excluding carboxylic acids is 6. The topological polar surface area (TPSA) is 137 Å².